The summed E-state index contributed by atoms with van der Waals surface area (Å²) in [6.45, 7) is -1.29. The molecule has 2 aliphatic rings. The number of nitrogens with one attached hydrogen (secondary N) is 1. The molecule has 0 bridgehead atoms. The first kappa shape index (κ1) is 22.3. The Balaban J connectivity index is 1.58. The van der Waals surface area contributed by atoms with Gasteiger partial charge in [-0.15, -0.1) is 12.6 Å². The SMILES string of the molecule is N=C(/C=C(\S)c1cc(C(N)=O)nc2c1CCN(Cc1ccnc(OC(F)F)c1)C2)C1CC1. The summed E-state index contributed by atoms with van der Waals surface area (Å²) in [6, 6.07) is 4.87. The zero-order valence-electron chi connectivity index (χ0n) is 17.2. The van der Waals surface area contributed by atoms with Gasteiger partial charge < -0.3 is 15.9 Å². The number of halogens is 2. The topological polar surface area (TPSA) is 105 Å². The maximum atomic E-state index is 12.5. The van der Waals surface area contributed by atoms with Gasteiger partial charge in [0.05, 0.1) is 5.69 Å². The van der Waals surface area contributed by atoms with Crippen LogP contribution in [-0.2, 0) is 19.5 Å². The van der Waals surface area contributed by atoms with E-state index in [4.69, 9.17) is 11.1 Å². The third-order valence-corrected chi connectivity index (χ3v) is 5.88. The van der Waals surface area contributed by atoms with Crippen LogP contribution in [0.15, 0.2) is 30.5 Å². The van der Waals surface area contributed by atoms with Crippen LogP contribution in [0.3, 0.4) is 0 Å². The lowest BCUT2D eigenvalue weighted by Crippen LogP contribution is -2.32. The van der Waals surface area contributed by atoms with Gasteiger partial charge in [0.15, 0.2) is 0 Å². The molecule has 1 aliphatic heterocycles. The van der Waals surface area contributed by atoms with Crippen LogP contribution in [0.4, 0.5) is 8.78 Å². The summed E-state index contributed by atoms with van der Waals surface area (Å²) in [5.74, 6) is -0.470. The largest absolute Gasteiger partial charge is 0.417 e. The molecule has 0 atom stereocenters. The summed E-state index contributed by atoms with van der Waals surface area (Å²) in [7, 11) is 0. The van der Waals surface area contributed by atoms with Crippen molar-refractivity contribution in [2.75, 3.05) is 6.54 Å². The molecule has 1 aliphatic carbocycles. The van der Waals surface area contributed by atoms with Crippen molar-refractivity contribution in [2.24, 2.45) is 11.7 Å². The Bertz CT molecular complexity index is 1090. The summed E-state index contributed by atoms with van der Waals surface area (Å²) in [4.78, 5) is 22.9. The van der Waals surface area contributed by atoms with Crippen LogP contribution in [0, 0.1) is 11.3 Å². The van der Waals surface area contributed by atoms with E-state index in [0.29, 0.717) is 42.6 Å². The Morgan fingerprint density at radius 2 is 2.19 bits per heavy atom. The molecule has 168 valence electrons. The molecule has 3 heterocycles. The number of primary amides is 1. The molecule has 1 amide bonds. The van der Waals surface area contributed by atoms with Crippen molar-refractivity contribution in [3.63, 3.8) is 0 Å². The molecular formula is C22H23F2N5O2S. The molecule has 0 spiro atoms. The number of alkyl halides is 2. The molecule has 0 unspecified atom stereocenters. The number of rotatable bonds is 8. The van der Waals surface area contributed by atoms with Crippen LogP contribution in [0.5, 0.6) is 5.88 Å². The number of nitrogens with two attached hydrogens (primary N) is 1. The smallest absolute Gasteiger partial charge is 0.388 e. The van der Waals surface area contributed by atoms with Gasteiger partial charge in [0.25, 0.3) is 5.91 Å². The van der Waals surface area contributed by atoms with Crippen molar-refractivity contribution in [1.82, 2.24) is 14.9 Å². The fraction of sp³-hybridized carbons (Fsp3) is 0.364. The second-order valence-corrected chi connectivity index (χ2v) is 8.43. The second-order valence-electron chi connectivity index (χ2n) is 7.95. The van der Waals surface area contributed by atoms with E-state index < -0.39 is 12.5 Å². The number of amides is 1. The summed E-state index contributed by atoms with van der Waals surface area (Å²) < 4.78 is 29.3. The molecule has 2 aromatic rings. The summed E-state index contributed by atoms with van der Waals surface area (Å²) in [5.41, 5.74) is 9.44. The Labute approximate surface area is 189 Å². The van der Waals surface area contributed by atoms with Crippen molar-refractivity contribution in [3.05, 3.63) is 58.6 Å². The average Bonchev–Trinajstić information content (AvgIpc) is 3.58. The van der Waals surface area contributed by atoms with Gasteiger partial charge in [0.2, 0.25) is 5.88 Å². The number of aromatic nitrogens is 2. The van der Waals surface area contributed by atoms with Crippen LogP contribution in [-0.4, -0.2) is 39.6 Å². The molecule has 0 saturated heterocycles. The van der Waals surface area contributed by atoms with Gasteiger partial charge in [-0.05, 0) is 54.2 Å². The Hall–Kier alpha value is -2.85. The molecular weight excluding hydrogens is 436 g/mol. The minimum Gasteiger partial charge on any atom is -0.417 e. The maximum Gasteiger partial charge on any atom is 0.388 e. The molecule has 32 heavy (non-hydrogen) atoms. The van der Waals surface area contributed by atoms with Gasteiger partial charge in [0, 0.05) is 48.4 Å². The number of hydrogen-bond donors (Lipinski definition) is 3. The number of carbonyl (C=O) groups is 1. The zero-order chi connectivity index (χ0) is 22.8. The Kier molecular flexibility index (Phi) is 6.52. The lowest BCUT2D eigenvalue weighted by Gasteiger charge is -2.30. The van der Waals surface area contributed by atoms with E-state index in [-0.39, 0.29) is 11.6 Å². The average molecular weight is 460 g/mol. The van der Waals surface area contributed by atoms with Crippen LogP contribution in [0.2, 0.25) is 0 Å². The Morgan fingerprint density at radius 3 is 2.88 bits per heavy atom. The third kappa shape index (κ3) is 5.31. The fourth-order valence-electron chi connectivity index (χ4n) is 3.78. The number of hydrogen-bond acceptors (Lipinski definition) is 7. The molecule has 0 radical (unpaired) electrons. The molecule has 3 N–H and O–H groups in total. The van der Waals surface area contributed by atoms with Crippen molar-refractivity contribution in [3.8, 4) is 5.88 Å². The van der Waals surface area contributed by atoms with E-state index in [1.807, 2.05) is 0 Å². The summed E-state index contributed by atoms with van der Waals surface area (Å²) >= 11 is 4.62. The summed E-state index contributed by atoms with van der Waals surface area (Å²) in [6.07, 6.45) is 5.88. The van der Waals surface area contributed by atoms with E-state index in [0.717, 1.165) is 35.2 Å². The normalized spacial score (nSPS) is 16.7. The highest BCUT2D eigenvalue weighted by molar-refractivity contribution is 7.90. The van der Waals surface area contributed by atoms with Gasteiger partial charge in [0.1, 0.15) is 5.69 Å². The summed E-state index contributed by atoms with van der Waals surface area (Å²) in [5, 5.41) is 8.18. The molecule has 7 nitrogen and oxygen atoms in total. The first-order valence-electron chi connectivity index (χ1n) is 10.2. The molecule has 4 rings (SSSR count). The van der Waals surface area contributed by atoms with E-state index in [9.17, 15) is 13.6 Å². The van der Waals surface area contributed by atoms with Crippen LogP contribution >= 0.6 is 12.6 Å². The minimum atomic E-state index is -2.93. The van der Waals surface area contributed by atoms with Crippen molar-refractivity contribution in [2.45, 2.75) is 39.0 Å². The van der Waals surface area contributed by atoms with Gasteiger partial charge in [-0.3, -0.25) is 9.69 Å². The molecule has 2 aromatic heterocycles. The highest BCUT2D eigenvalue weighted by Gasteiger charge is 2.27. The van der Waals surface area contributed by atoms with Crippen LogP contribution in [0.25, 0.3) is 4.91 Å². The van der Waals surface area contributed by atoms with E-state index in [1.165, 1.54) is 12.3 Å². The molecule has 10 heteroatoms. The quantitative estimate of drug-likeness (QED) is 0.414. The van der Waals surface area contributed by atoms with Crippen molar-refractivity contribution < 1.29 is 18.3 Å². The number of nitrogens with zero attached hydrogens (tertiary/aromatic N) is 3. The number of ether oxygens (including phenoxy) is 1. The third-order valence-electron chi connectivity index (χ3n) is 5.51. The molecule has 0 aromatic carbocycles. The predicted molar refractivity (Wildman–Crippen MR) is 119 cm³/mol. The van der Waals surface area contributed by atoms with Crippen LogP contribution < -0.4 is 10.5 Å². The number of carbonyl (C=O) groups excluding carboxylic acids is 1. The first-order valence-corrected chi connectivity index (χ1v) is 10.7. The zero-order valence-corrected chi connectivity index (χ0v) is 18.1. The lowest BCUT2D eigenvalue weighted by molar-refractivity contribution is -0.0529. The van der Waals surface area contributed by atoms with Gasteiger partial charge in [-0.2, -0.15) is 8.78 Å². The highest BCUT2D eigenvalue weighted by Crippen LogP contribution is 2.34. The predicted octanol–water partition coefficient (Wildman–Crippen LogP) is 3.44. The van der Waals surface area contributed by atoms with Crippen LogP contribution in [0.1, 0.15) is 45.7 Å². The van der Waals surface area contributed by atoms with E-state index >= 15 is 0 Å². The highest BCUT2D eigenvalue weighted by atomic mass is 32.1. The van der Waals surface area contributed by atoms with E-state index in [1.54, 1.807) is 18.2 Å². The van der Waals surface area contributed by atoms with Crippen molar-refractivity contribution in [1.29, 1.82) is 5.41 Å². The number of thiol groups is 1. The second kappa shape index (κ2) is 9.33. The lowest BCUT2D eigenvalue weighted by atomic mass is 9.96. The van der Waals surface area contributed by atoms with Gasteiger partial charge in [-0.1, -0.05) is 0 Å². The number of fused-ring (bicyclic) bond motifs is 1. The van der Waals surface area contributed by atoms with Gasteiger partial charge >= 0.3 is 6.61 Å². The monoisotopic (exact) mass is 459 g/mol. The Morgan fingerprint density at radius 1 is 1.41 bits per heavy atom. The number of allylic oxidation sites excluding steroid dienone is 1. The van der Waals surface area contributed by atoms with Gasteiger partial charge in [-0.25, -0.2) is 9.97 Å². The first-order chi connectivity index (χ1) is 15.3. The minimum absolute atomic E-state index is 0.130. The molecule has 1 fully saturated rings. The fourth-order valence-corrected chi connectivity index (χ4v) is 4.12. The standard InChI is InChI=1S/C22H23F2N5O2S/c23-22(24)31-20-7-12(3-5-27-20)10-29-6-4-14-15(19(32)9-16(25)13-1-2-13)8-17(21(26)30)28-18(14)11-29/h3,5,7-9,13,22,25,32H,1-2,4,6,10-11H2,(H2,26,30)/b19-9-,25-16?. The van der Waals surface area contributed by atoms with E-state index in [2.05, 4.69) is 32.2 Å². The number of pyridine rings is 2. The van der Waals surface area contributed by atoms with Crippen molar-refractivity contribution >= 4 is 29.2 Å². The maximum absolute atomic E-state index is 12.5. The molecule has 1 saturated carbocycles.